The minimum Gasteiger partial charge on any atom is -0.392 e. The minimum atomic E-state index is -0.343. The molecular weight excluding hydrogens is 216 g/mol. The minimum absolute atomic E-state index is 0.129. The molecule has 0 saturated heterocycles. The molecule has 0 spiro atoms. The Kier molecular flexibility index (Phi) is 5.92. The maximum absolute atomic E-state index is 11.7. The monoisotopic (exact) mass is 242 g/mol. The Hall–Kier alpha value is -0.610. The highest BCUT2D eigenvalue weighted by Crippen LogP contribution is 2.25. The number of aliphatic hydroxyl groups excluding tert-OH is 1. The van der Waals surface area contributed by atoms with Gasteiger partial charge in [0, 0.05) is 19.6 Å². The van der Waals surface area contributed by atoms with E-state index in [1.54, 1.807) is 0 Å². The molecule has 0 aliphatic heterocycles. The van der Waals surface area contributed by atoms with Gasteiger partial charge in [0.05, 0.1) is 12.6 Å². The maximum atomic E-state index is 11.7. The number of hydrogen-bond donors (Lipinski definition) is 2. The van der Waals surface area contributed by atoms with Gasteiger partial charge in [-0.25, -0.2) is 0 Å². The summed E-state index contributed by atoms with van der Waals surface area (Å²) < 4.78 is 0. The van der Waals surface area contributed by atoms with Crippen molar-refractivity contribution in [2.45, 2.75) is 51.7 Å². The molecule has 1 aliphatic carbocycles. The van der Waals surface area contributed by atoms with Gasteiger partial charge in [-0.05, 0) is 18.8 Å². The fourth-order valence-electron chi connectivity index (χ4n) is 2.12. The van der Waals surface area contributed by atoms with Crippen molar-refractivity contribution < 1.29 is 9.90 Å². The molecule has 4 nitrogen and oxygen atoms in total. The Morgan fingerprint density at radius 2 is 2.00 bits per heavy atom. The number of carbonyl (C=O) groups excluding carboxylic acids is 1. The second kappa shape index (κ2) is 6.97. The quantitative estimate of drug-likeness (QED) is 0.667. The standard InChI is InChI=1S/C13H26N2O2/c1-4-10(5-2)12(16)8-14-9-13(17)15(3)11-6-7-11/h10-12,14,16H,4-9H2,1-3H3. The van der Waals surface area contributed by atoms with Crippen LogP contribution in [-0.2, 0) is 4.79 Å². The molecule has 1 unspecified atom stereocenters. The van der Waals surface area contributed by atoms with Crippen molar-refractivity contribution in [3.63, 3.8) is 0 Å². The summed E-state index contributed by atoms with van der Waals surface area (Å²) in [4.78, 5) is 13.5. The van der Waals surface area contributed by atoms with Crippen molar-refractivity contribution >= 4 is 5.91 Å². The first-order chi connectivity index (χ1) is 8.10. The number of hydrogen-bond acceptors (Lipinski definition) is 3. The van der Waals surface area contributed by atoms with Gasteiger partial charge in [-0.15, -0.1) is 0 Å². The van der Waals surface area contributed by atoms with Crippen molar-refractivity contribution in [1.29, 1.82) is 0 Å². The van der Waals surface area contributed by atoms with E-state index in [2.05, 4.69) is 19.2 Å². The van der Waals surface area contributed by atoms with E-state index in [4.69, 9.17) is 0 Å². The lowest BCUT2D eigenvalue weighted by Crippen LogP contribution is -2.40. The lowest BCUT2D eigenvalue weighted by Gasteiger charge is -2.21. The number of amides is 1. The van der Waals surface area contributed by atoms with Crippen molar-refractivity contribution in [3.05, 3.63) is 0 Å². The van der Waals surface area contributed by atoms with Gasteiger partial charge < -0.3 is 15.3 Å². The van der Waals surface area contributed by atoms with Crippen LogP contribution in [0.4, 0.5) is 0 Å². The Labute approximate surface area is 104 Å². The van der Waals surface area contributed by atoms with Crippen LogP contribution in [0.15, 0.2) is 0 Å². The molecule has 4 heteroatoms. The molecule has 0 bridgehead atoms. The summed E-state index contributed by atoms with van der Waals surface area (Å²) in [6.07, 6.45) is 3.89. The average molecular weight is 242 g/mol. The molecule has 100 valence electrons. The molecule has 0 aromatic rings. The molecule has 0 aromatic heterocycles. The van der Waals surface area contributed by atoms with Gasteiger partial charge in [0.1, 0.15) is 0 Å². The number of aliphatic hydroxyl groups is 1. The van der Waals surface area contributed by atoms with Crippen LogP contribution in [0, 0.1) is 5.92 Å². The molecule has 1 saturated carbocycles. The SMILES string of the molecule is CCC(CC)C(O)CNCC(=O)N(C)C1CC1. The number of nitrogens with one attached hydrogen (secondary N) is 1. The highest BCUT2D eigenvalue weighted by Gasteiger charge is 2.29. The molecule has 0 aromatic carbocycles. The fraction of sp³-hybridized carbons (Fsp3) is 0.923. The first-order valence-corrected chi connectivity index (χ1v) is 6.74. The predicted octanol–water partition coefficient (Wildman–Crippen LogP) is 0.994. The summed E-state index contributed by atoms with van der Waals surface area (Å²) in [5.41, 5.74) is 0. The van der Waals surface area contributed by atoms with E-state index in [9.17, 15) is 9.90 Å². The van der Waals surface area contributed by atoms with Crippen LogP contribution in [0.5, 0.6) is 0 Å². The van der Waals surface area contributed by atoms with Gasteiger partial charge in [-0.1, -0.05) is 26.7 Å². The van der Waals surface area contributed by atoms with Crippen molar-refractivity contribution in [3.8, 4) is 0 Å². The lowest BCUT2D eigenvalue weighted by molar-refractivity contribution is -0.129. The summed E-state index contributed by atoms with van der Waals surface area (Å²) in [5, 5.41) is 13.0. The zero-order valence-corrected chi connectivity index (χ0v) is 11.3. The van der Waals surface area contributed by atoms with Gasteiger partial charge in [-0.2, -0.15) is 0 Å². The fourth-order valence-corrected chi connectivity index (χ4v) is 2.12. The van der Waals surface area contributed by atoms with Gasteiger partial charge >= 0.3 is 0 Å². The Morgan fingerprint density at radius 1 is 1.41 bits per heavy atom. The van der Waals surface area contributed by atoms with Crippen LogP contribution in [0.1, 0.15) is 39.5 Å². The zero-order chi connectivity index (χ0) is 12.8. The second-order valence-corrected chi connectivity index (χ2v) is 5.01. The third-order valence-corrected chi connectivity index (χ3v) is 3.71. The summed E-state index contributed by atoms with van der Waals surface area (Å²) in [6, 6.07) is 0.466. The average Bonchev–Trinajstić information content (AvgIpc) is 3.13. The molecule has 1 amide bonds. The van der Waals surface area contributed by atoms with Gasteiger partial charge in [0.2, 0.25) is 5.91 Å². The first kappa shape index (κ1) is 14.5. The molecule has 1 rings (SSSR count). The summed E-state index contributed by atoms with van der Waals surface area (Å²) in [7, 11) is 1.86. The van der Waals surface area contributed by atoms with E-state index >= 15 is 0 Å². The number of rotatable bonds is 8. The van der Waals surface area contributed by atoms with Crippen molar-refractivity contribution in [1.82, 2.24) is 10.2 Å². The van der Waals surface area contributed by atoms with Crippen LogP contribution in [-0.4, -0.2) is 48.2 Å². The molecule has 1 fully saturated rings. The molecule has 0 radical (unpaired) electrons. The van der Waals surface area contributed by atoms with Crippen LogP contribution < -0.4 is 5.32 Å². The molecule has 1 aliphatic rings. The molecule has 2 N–H and O–H groups in total. The van der Waals surface area contributed by atoms with Crippen molar-refractivity contribution in [2.24, 2.45) is 5.92 Å². The number of nitrogens with zero attached hydrogens (tertiary/aromatic N) is 1. The van der Waals surface area contributed by atoms with E-state index in [1.807, 2.05) is 11.9 Å². The summed E-state index contributed by atoms with van der Waals surface area (Å²) >= 11 is 0. The molecule has 0 heterocycles. The molecule has 1 atom stereocenters. The second-order valence-electron chi connectivity index (χ2n) is 5.01. The lowest BCUT2D eigenvalue weighted by atomic mass is 9.97. The zero-order valence-electron chi connectivity index (χ0n) is 11.3. The van der Waals surface area contributed by atoms with Gasteiger partial charge in [0.25, 0.3) is 0 Å². The van der Waals surface area contributed by atoms with E-state index in [0.29, 0.717) is 25.0 Å². The van der Waals surface area contributed by atoms with Crippen LogP contribution in [0.2, 0.25) is 0 Å². The smallest absolute Gasteiger partial charge is 0.236 e. The number of likely N-dealkylation sites (N-methyl/N-ethyl adjacent to an activating group) is 1. The normalized spacial score (nSPS) is 17.2. The Morgan fingerprint density at radius 3 is 2.47 bits per heavy atom. The van der Waals surface area contributed by atoms with Crippen molar-refractivity contribution in [2.75, 3.05) is 20.1 Å². The van der Waals surface area contributed by atoms with E-state index in [1.165, 1.54) is 0 Å². The molecule has 17 heavy (non-hydrogen) atoms. The van der Waals surface area contributed by atoms with Crippen LogP contribution in [0.3, 0.4) is 0 Å². The predicted molar refractivity (Wildman–Crippen MR) is 68.7 cm³/mol. The third-order valence-electron chi connectivity index (χ3n) is 3.71. The number of carbonyl (C=O) groups is 1. The van der Waals surface area contributed by atoms with Gasteiger partial charge in [-0.3, -0.25) is 4.79 Å². The highest BCUT2D eigenvalue weighted by molar-refractivity contribution is 5.78. The summed E-state index contributed by atoms with van der Waals surface area (Å²) in [6.45, 7) is 5.02. The summed E-state index contributed by atoms with van der Waals surface area (Å²) in [5.74, 6) is 0.461. The van der Waals surface area contributed by atoms with E-state index in [-0.39, 0.29) is 12.0 Å². The third kappa shape index (κ3) is 4.64. The first-order valence-electron chi connectivity index (χ1n) is 6.74. The molecular formula is C13H26N2O2. The van der Waals surface area contributed by atoms with Crippen LogP contribution in [0.25, 0.3) is 0 Å². The maximum Gasteiger partial charge on any atom is 0.236 e. The highest BCUT2D eigenvalue weighted by atomic mass is 16.3. The van der Waals surface area contributed by atoms with Crippen LogP contribution >= 0.6 is 0 Å². The van der Waals surface area contributed by atoms with Gasteiger partial charge in [0.15, 0.2) is 0 Å². The van der Waals surface area contributed by atoms with E-state index in [0.717, 1.165) is 25.7 Å². The van der Waals surface area contributed by atoms with E-state index < -0.39 is 0 Å². The Balaban J connectivity index is 2.15. The Bertz CT molecular complexity index is 238. The largest absolute Gasteiger partial charge is 0.392 e. The topological polar surface area (TPSA) is 52.6 Å².